The van der Waals surface area contributed by atoms with Gasteiger partial charge in [-0.2, -0.15) is 0 Å². The molecule has 0 spiro atoms. The van der Waals surface area contributed by atoms with E-state index in [4.69, 9.17) is 4.99 Å². The van der Waals surface area contributed by atoms with Gasteiger partial charge in [-0.05, 0) is 39.5 Å². The van der Waals surface area contributed by atoms with Crippen molar-refractivity contribution >= 4 is 23.2 Å². The second kappa shape index (κ2) is 9.01. The molecule has 1 saturated heterocycles. The van der Waals surface area contributed by atoms with Gasteiger partial charge in [0.05, 0.1) is 17.2 Å². The summed E-state index contributed by atoms with van der Waals surface area (Å²) in [6, 6.07) is 0. The van der Waals surface area contributed by atoms with E-state index < -0.39 is 0 Å². The van der Waals surface area contributed by atoms with Gasteiger partial charge in [-0.15, -0.1) is 11.3 Å². The van der Waals surface area contributed by atoms with Crippen molar-refractivity contribution in [1.82, 2.24) is 20.5 Å². The molecule has 1 aliphatic rings. The Morgan fingerprint density at radius 3 is 2.62 bits per heavy atom. The Balaban J connectivity index is 1.94. The number of piperidine rings is 1. The Morgan fingerprint density at radius 2 is 2.08 bits per heavy atom. The van der Waals surface area contributed by atoms with Crippen LogP contribution in [0.5, 0.6) is 0 Å². The summed E-state index contributed by atoms with van der Waals surface area (Å²) in [6.45, 7) is 9.62. The number of aryl methyl sites for hydroxylation is 2. The first-order chi connectivity index (χ1) is 11.5. The molecular formula is C17H29N5OS. The molecule has 2 rings (SSSR count). The third kappa shape index (κ3) is 5.19. The quantitative estimate of drug-likeness (QED) is 0.629. The average molecular weight is 352 g/mol. The van der Waals surface area contributed by atoms with Gasteiger partial charge in [-0.1, -0.05) is 0 Å². The molecule has 0 saturated carbocycles. The van der Waals surface area contributed by atoms with Crippen LogP contribution in [0.25, 0.3) is 0 Å². The Hall–Kier alpha value is -1.63. The molecule has 6 nitrogen and oxygen atoms in total. The number of rotatable bonds is 5. The van der Waals surface area contributed by atoms with Crippen LogP contribution in [0.1, 0.15) is 41.8 Å². The summed E-state index contributed by atoms with van der Waals surface area (Å²) in [5.41, 5.74) is 1.08. The highest BCUT2D eigenvalue weighted by Gasteiger charge is 2.23. The molecule has 2 heterocycles. The monoisotopic (exact) mass is 351 g/mol. The number of likely N-dealkylation sites (tertiary alicyclic amines) is 1. The van der Waals surface area contributed by atoms with E-state index in [1.807, 2.05) is 13.8 Å². The van der Waals surface area contributed by atoms with Gasteiger partial charge < -0.3 is 15.5 Å². The maximum atomic E-state index is 11.5. The Morgan fingerprint density at radius 1 is 1.38 bits per heavy atom. The number of carbonyl (C=O) groups is 1. The Labute approximate surface area is 148 Å². The molecule has 1 aromatic heterocycles. The highest BCUT2D eigenvalue weighted by Crippen LogP contribution is 2.21. The maximum absolute atomic E-state index is 11.5. The number of hydrogen-bond donors (Lipinski definition) is 2. The molecule has 0 atom stereocenters. The number of nitrogens with one attached hydrogen (secondary N) is 2. The van der Waals surface area contributed by atoms with E-state index >= 15 is 0 Å². The molecule has 7 heteroatoms. The number of carbonyl (C=O) groups excluding carboxylic acids is 1. The summed E-state index contributed by atoms with van der Waals surface area (Å²) in [4.78, 5) is 24.3. The lowest BCUT2D eigenvalue weighted by molar-refractivity contribution is -0.121. The summed E-state index contributed by atoms with van der Waals surface area (Å²) < 4.78 is 0. The Bertz CT molecular complexity index is 576. The summed E-state index contributed by atoms with van der Waals surface area (Å²) in [5.74, 6) is 1.60. The minimum atomic E-state index is 0.144. The number of guanidine groups is 1. The second-order valence-electron chi connectivity index (χ2n) is 6.22. The first-order valence-electron chi connectivity index (χ1n) is 8.70. The van der Waals surface area contributed by atoms with Crippen LogP contribution in [0.3, 0.4) is 0 Å². The molecule has 1 amide bonds. The molecule has 2 N–H and O–H groups in total. The van der Waals surface area contributed by atoms with Gasteiger partial charge in [0.2, 0.25) is 5.91 Å². The fourth-order valence-electron chi connectivity index (χ4n) is 3.01. The summed E-state index contributed by atoms with van der Waals surface area (Å²) in [6.07, 6.45) is 2.71. The van der Waals surface area contributed by atoms with Gasteiger partial charge >= 0.3 is 0 Å². The smallest absolute Gasteiger partial charge is 0.220 e. The first kappa shape index (κ1) is 18.7. The van der Waals surface area contributed by atoms with Crippen molar-refractivity contribution in [3.05, 3.63) is 15.6 Å². The predicted octanol–water partition coefficient (Wildman–Crippen LogP) is 2.07. The molecular weight excluding hydrogens is 322 g/mol. The molecule has 0 unspecified atom stereocenters. The zero-order valence-corrected chi connectivity index (χ0v) is 16.0. The zero-order valence-electron chi connectivity index (χ0n) is 15.2. The van der Waals surface area contributed by atoms with E-state index in [-0.39, 0.29) is 5.91 Å². The highest BCUT2D eigenvalue weighted by atomic mass is 32.1. The van der Waals surface area contributed by atoms with E-state index in [1.165, 1.54) is 4.88 Å². The largest absolute Gasteiger partial charge is 0.359 e. The van der Waals surface area contributed by atoms with Crippen molar-refractivity contribution in [3.63, 3.8) is 0 Å². The Kier molecular flexibility index (Phi) is 7.02. The van der Waals surface area contributed by atoms with Gasteiger partial charge in [0.1, 0.15) is 0 Å². The summed E-state index contributed by atoms with van der Waals surface area (Å²) in [7, 11) is 1.70. The molecule has 1 aromatic rings. The lowest BCUT2D eigenvalue weighted by atomic mass is 9.93. The number of amides is 1. The van der Waals surface area contributed by atoms with Gasteiger partial charge in [-0.3, -0.25) is 4.79 Å². The third-order valence-corrected chi connectivity index (χ3v) is 5.43. The van der Waals surface area contributed by atoms with E-state index in [1.54, 1.807) is 18.4 Å². The maximum Gasteiger partial charge on any atom is 0.220 e. The number of aliphatic imine (C=N–C) groups is 1. The average Bonchev–Trinajstić information content (AvgIpc) is 2.89. The number of nitrogens with zero attached hydrogens (tertiary/aromatic N) is 3. The van der Waals surface area contributed by atoms with Crippen molar-refractivity contribution in [2.75, 3.05) is 26.7 Å². The van der Waals surface area contributed by atoms with E-state index in [2.05, 4.69) is 27.4 Å². The van der Waals surface area contributed by atoms with Gasteiger partial charge in [0.25, 0.3) is 0 Å². The van der Waals surface area contributed by atoms with E-state index in [0.29, 0.717) is 18.9 Å². The first-order valence-corrected chi connectivity index (χ1v) is 9.51. The van der Waals surface area contributed by atoms with E-state index in [9.17, 15) is 4.79 Å². The van der Waals surface area contributed by atoms with Gasteiger partial charge in [-0.25, -0.2) is 9.98 Å². The highest BCUT2D eigenvalue weighted by molar-refractivity contribution is 7.11. The molecule has 0 bridgehead atoms. The lowest BCUT2D eigenvalue weighted by Crippen LogP contribution is -2.46. The lowest BCUT2D eigenvalue weighted by Gasteiger charge is -2.34. The van der Waals surface area contributed by atoms with Crippen LogP contribution >= 0.6 is 11.3 Å². The molecule has 0 aliphatic carbocycles. The topological polar surface area (TPSA) is 69.6 Å². The zero-order chi connectivity index (χ0) is 17.5. The molecule has 0 aromatic carbocycles. The molecule has 1 aliphatic heterocycles. The van der Waals surface area contributed by atoms with Crippen LogP contribution in [0.2, 0.25) is 0 Å². The van der Waals surface area contributed by atoms with Crippen LogP contribution < -0.4 is 10.6 Å². The van der Waals surface area contributed by atoms with Crippen LogP contribution in [0.4, 0.5) is 0 Å². The van der Waals surface area contributed by atoms with Crippen molar-refractivity contribution in [1.29, 1.82) is 0 Å². The SMILES string of the molecule is CCNC(=NCc1sc(C)nc1C)N1CCC(CC(=O)NC)CC1. The predicted molar refractivity (Wildman–Crippen MR) is 99.4 cm³/mol. The number of aromatic nitrogens is 1. The number of thiazole rings is 1. The van der Waals surface area contributed by atoms with Crippen LogP contribution in [0.15, 0.2) is 4.99 Å². The minimum Gasteiger partial charge on any atom is -0.359 e. The molecule has 1 fully saturated rings. The normalized spacial score (nSPS) is 16.3. The summed E-state index contributed by atoms with van der Waals surface area (Å²) in [5, 5.41) is 7.21. The minimum absolute atomic E-state index is 0.144. The van der Waals surface area contributed by atoms with Crippen molar-refractivity contribution in [2.24, 2.45) is 10.9 Å². The van der Waals surface area contributed by atoms with Gasteiger partial charge in [0.15, 0.2) is 5.96 Å². The molecule has 0 radical (unpaired) electrons. The number of hydrogen-bond acceptors (Lipinski definition) is 4. The second-order valence-corrected chi connectivity index (χ2v) is 7.51. The van der Waals surface area contributed by atoms with Crippen molar-refractivity contribution in [3.8, 4) is 0 Å². The fraction of sp³-hybridized carbons (Fsp3) is 0.706. The van der Waals surface area contributed by atoms with Gasteiger partial charge in [0, 0.05) is 38.0 Å². The van der Waals surface area contributed by atoms with Crippen molar-refractivity contribution < 1.29 is 4.79 Å². The van der Waals surface area contributed by atoms with Crippen LogP contribution in [-0.2, 0) is 11.3 Å². The van der Waals surface area contributed by atoms with E-state index in [0.717, 1.165) is 49.1 Å². The van der Waals surface area contributed by atoms with Crippen molar-refractivity contribution in [2.45, 2.75) is 46.6 Å². The van der Waals surface area contributed by atoms with Crippen LogP contribution in [-0.4, -0.2) is 48.4 Å². The standard InChI is InChI=1S/C17H29N5OS/c1-5-19-17(20-11-15-12(2)21-13(3)24-15)22-8-6-14(7-9-22)10-16(23)18-4/h14H,5-11H2,1-4H3,(H,18,23)(H,19,20). The third-order valence-electron chi connectivity index (χ3n) is 4.37. The fourth-order valence-corrected chi connectivity index (χ4v) is 3.87. The molecule has 134 valence electrons. The summed E-state index contributed by atoms with van der Waals surface area (Å²) >= 11 is 1.72. The molecule has 24 heavy (non-hydrogen) atoms. The van der Waals surface area contributed by atoms with Crippen LogP contribution in [0, 0.1) is 19.8 Å².